The molecule has 84 valence electrons. The summed E-state index contributed by atoms with van der Waals surface area (Å²) in [5.41, 5.74) is 0. The van der Waals surface area contributed by atoms with Gasteiger partial charge in [0.2, 0.25) is 0 Å². The van der Waals surface area contributed by atoms with Crippen LogP contribution in [0.15, 0.2) is 0 Å². The van der Waals surface area contributed by atoms with Crippen LogP contribution in [0.1, 0.15) is 44.9 Å². The normalized spacial score (nSPS) is 21.9. The number of rotatable bonds is 5. The van der Waals surface area contributed by atoms with Gasteiger partial charge in [-0.3, -0.25) is 0 Å². The molecule has 0 aromatic carbocycles. The number of nitrogens with one attached hydrogen (secondary N) is 1. The standard InChI is InChI=1S/C11H23NO2/c13-8-7-11(9-14)12-10-5-3-1-2-4-6-10/h10-14H,1-9H2. The topological polar surface area (TPSA) is 52.5 Å². The van der Waals surface area contributed by atoms with Gasteiger partial charge in [-0.2, -0.15) is 0 Å². The van der Waals surface area contributed by atoms with Gasteiger partial charge in [0.25, 0.3) is 0 Å². The summed E-state index contributed by atoms with van der Waals surface area (Å²) in [6.45, 7) is 0.294. The van der Waals surface area contributed by atoms with Crippen molar-refractivity contribution in [2.24, 2.45) is 0 Å². The van der Waals surface area contributed by atoms with E-state index in [1.807, 2.05) is 0 Å². The fourth-order valence-corrected chi connectivity index (χ4v) is 2.16. The Bertz CT molecular complexity index is 133. The maximum absolute atomic E-state index is 9.08. The highest BCUT2D eigenvalue weighted by Crippen LogP contribution is 2.17. The van der Waals surface area contributed by atoms with Crippen LogP contribution in [0, 0.1) is 0 Å². The minimum atomic E-state index is 0.0862. The molecule has 0 aromatic heterocycles. The van der Waals surface area contributed by atoms with Crippen LogP contribution in [0.2, 0.25) is 0 Å². The van der Waals surface area contributed by atoms with Crippen molar-refractivity contribution >= 4 is 0 Å². The summed E-state index contributed by atoms with van der Waals surface area (Å²) in [5.74, 6) is 0. The minimum absolute atomic E-state index is 0.0862. The van der Waals surface area contributed by atoms with Crippen molar-refractivity contribution in [3.8, 4) is 0 Å². The van der Waals surface area contributed by atoms with E-state index in [4.69, 9.17) is 10.2 Å². The Morgan fingerprint density at radius 1 is 1.07 bits per heavy atom. The predicted octanol–water partition coefficient (Wildman–Crippen LogP) is 1.04. The van der Waals surface area contributed by atoms with E-state index in [9.17, 15) is 0 Å². The lowest BCUT2D eigenvalue weighted by Crippen LogP contribution is -2.40. The lowest BCUT2D eigenvalue weighted by Gasteiger charge is -2.22. The van der Waals surface area contributed by atoms with E-state index in [1.54, 1.807) is 0 Å². The van der Waals surface area contributed by atoms with E-state index >= 15 is 0 Å². The van der Waals surface area contributed by atoms with Crippen molar-refractivity contribution in [3.05, 3.63) is 0 Å². The lowest BCUT2D eigenvalue weighted by molar-refractivity contribution is 0.188. The molecule has 0 saturated heterocycles. The van der Waals surface area contributed by atoms with E-state index < -0.39 is 0 Å². The average molecular weight is 201 g/mol. The van der Waals surface area contributed by atoms with Gasteiger partial charge in [0.1, 0.15) is 0 Å². The fraction of sp³-hybridized carbons (Fsp3) is 1.00. The second-order valence-corrected chi connectivity index (χ2v) is 4.25. The Morgan fingerprint density at radius 3 is 2.21 bits per heavy atom. The molecule has 3 N–H and O–H groups in total. The van der Waals surface area contributed by atoms with Crippen LogP contribution >= 0.6 is 0 Å². The molecule has 1 unspecified atom stereocenters. The van der Waals surface area contributed by atoms with Gasteiger partial charge in [-0.1, -0.05) is 25.7 Å². The molecule has 3 nitrogen and oxygen atoms in total. The fourth-order valence-electron chi connectivity index (χ4n) is 2.16. The van der Waals surface area contributed by atoms with Crippen molar-refractivity contribution in [2.75, 3.05) is 13.2 Å². The van der Waals surface area contributed by atoms with Crippen molar-refractivity contribution in [2.45, 2.75) is 57.0 Å². The summed E-state index contributed by atoms with van der Waals surface area (Å²) >= 11 is 0. The number of hydrogen-bond acceptors (Lipinski definition) is 3. The Balaban J connectivity index is 2.24. The first-order valence-electron chi connectivity index (χ1n) is 5.84. The Hall–Kier alpha value is -0.120. The zero-order valence-corrected chi connectivity index (χ0v) is 8.91. The highest BCUT2D eigenvalue weighted by Gasteiger charge is 2.15. The van der Waals surface area contributed by atoms with E-state index in [-0.39, 0.29) is 19.3 Å². The Kier molecular flexibility index (Phi) is 6.15. The second-order valence-electron chi connectivity index (χ2n) is 4.25. The first kappa shape index (κ1) is 12.0. The molecule has 0 amide bonds. The van der Waals surface area contributed by atoms with Gasteiger partial charge < -0.3 is 15.5 Å². The maximum atomic E-state index is 9.08. The number of aliphatic hydroxyl groups is 2. The molecule has 1 aliphatic rings. The molecule has 0 radical (unpaired) electrons. The van der Waals surface area contributed by atoms with Crippen LogP contribution in [0.4, 0.5) is 0 Å². The number of hydrogen-bond donors (Lipinski definition) is 3. The molecule has 1 rings (SSSR count). The zero-order valence-electron chi connectivity index (χ0n) is 8.91. The van der Waals surface area contributed by atoms with Gasteiger partial charge in [0.15, 0.2) is 0 Å². The summed E-state index contributed by atoms with van der Waals surface area (Å²) in [7, 11) is 0. The maximum Gasteiger partial charge on any atom is 0.0585 e. The van der Waals surface area contributed by atoms with Crippen LogP contribution in [0.5, 0.6) is 0 Å². The zero-order chi connectivity index (χ0) is 10.2. The lowest BCUT2D eigenvalue weighted by atomic mass is 10.1. The number of aliphatic hydroxyl groups excluding tert-OH is 2. The molecule has 1 atom stereocenters. The van der Waals surface area contributed by atoms with Gasteiger partial charge in [-0.25, -0.2) is 0 Å². The quantitative estimate of drug-likeness (QED) is 0.583. The van der Waals surface area contributed by atoms with E-state index in [1.165, 1.54) is 38.5 Å². The molecule has 0 bridgehead atoms. The van der Waals surface area contributed by atoms with Gasteiger partial charge in [0, 0.05) is 18.7 Å². The molecule has 0 aliphatic heterocycles. The molecular formula is C11H23NO2. The molecule has 0 spiro atoms. The monoisotopic (exact) mass is 201 g/mol. The van der Waals surface area contributed by atoms with Gasteiger partial charge in [-0.15, -0.1) is 0 Å². The van der Waals surface area contributed by atoms with Gasteiger partial charge >= 0.3 is 0 Å². The third kappa shape index (κ3) is 4.40. The summed E-state index contributed by atoms with van der Waals surface area (Å²) < 4.78 is 0. The molecule has 1 fully saturated rings. The molecular weight excluding hydrogens is 178 g/mol. The summed E-state index contributed by atoms with van der Waals surface area (Å²) in [6.07, 6.45) is 8.41. The smallest absolute Gasteiger partial charge is 0.0585 e. The average Bonchev–Trinajstić information content (AvgIpc) is 2.45. The summed E-state index contributed by atoms with van der Waals surface area (Å²) in [6, 6.07) is 0.643. The predicted molar refractivity (Wildman–Crippen MR) is 57.2 cm³/mol. The SMILES string of the molecule is OCCC(CO)NC1CCCCCC1. The Morgan fingerprint density at radius 2 is 1.71 bits per heavy atom. The van der Waals surface area contributed by atoms with Crippen LogP contribution in [-0.4, -0.2) is 35.5 Å². The van der Waals surface area contributed by atoms with Crippen molar-refractivity contribution in [3.63, 3.8) is 0 Å². The first-order chi connectivity index (χ1) is 6.86. The van der Waals surface area contributed by atoms with Crippen LogP contribution in [0.25, 0.3) is 0 Å². The minimum Gasteiger partial charge on any atom is -0.396 e. The third-order valence-corrected chi connectivity index (χ3v) is 3.02. The van der Waals surface area contributed by atoms with Gasteiger partial charge in [-0.05, 0) is 19.3 Å². The van der Waals surface area contributed by atoms with Crippen LogP contribution in [0.3, 0.4) is 0 Å². The molecule has 1 aliphatic carbocycles. The summed E-state index contributed by atoms with van der Waals surface area (Å²) in [5, 5.41) is 21.3. The van der Waals surface area contributed by atoms with E-state index in [0.29, 0.717) is 12.5 Å². The molecule has 0 heterocycles. The largest absolute Gasteiger partial charge is 0.396 e. The van der Waals surface area contributed by atoms with E-state index in [0.717, 1.165) is 0 Å². The van der Waals surface area contributed by atoms with Crippen molar-refractivity contribution < 1.29 is 10.2 Å². The van der Waals surface area contributed by atoms with Crippen LogP contribution < -0.4 is 5.32 Å². The first-order valence-corrected chi connectivity index (χ1v) is 5.84. The Labute approximate surface area is 86.5 Å². The molecule has 14 heavy (non-hydrogen) atoms. The molecule has 0 aromatic rings. The highest BCUT2D eigenvalue weighted by atomic mass is 16.3. The van der Waals surface area contributed by atoms with E-state index in [2.05, 4.69) is 5.32 Å². The summed E-state index contributed by atoms with van der Waals surface area (Å²) in [4.78, 5) is 0. The van der Waals surface area contributed by atoms with Gasteiger partial charge in [0.05, 0.1) is 6.61 Å². The second kappa shape index (κ2) is 7.21. The molecule has 1 saturated carbocycles. The molecule has 3 heteroatoms. The third-order valence-electron chi connectivity index (χ3n) is 3.02. The highest BCUT2D eigenvalue weighted by molar-refractivity contribution is 4.75. The van der Waals surface area contributed by atoms with Crippen LogP contribution in [-0.2, 0) is 0 Å². The van der Waals surface area contributed by atoms with Crippen molar-refractivity contribution in [1.29, 1.82) is 0 Å². The van der Waals surface area contributed by atoms with Crippen molar-refractivity contribution in [1.82, 2.24) is 5.32 Å².